The van der Waals surface area contributed by atoms with Crippen molar-refractivity contribution in [2.75, 3.05) is 13.7 Å². The third kappa shape index (κ3) is 4.56. The summed E-state index contributed by atoms with van der Waals surface area (Å²) >= 11 is 12.5. The van der Waals surface area contributed by atoms with Gasteiger partial charge in [-0.3, -0.25) is 9.59 Å². The van der Waals surface area contributed by atoms with Crippen LogP contribution in [0.4, 0.5) is 0 Å². The van der Waals surface area contributed by atoms with Gasteiger partial charge in [0.1, 0.15) is 17.2 Å². The summed E-state index contributed by atoms with van der Waals surface area (Å²) in [5.41, 5.74) is 3.42. The van der Waals surface area contributed by atoms with E-state index in [1.165, 1.54) is 5.56 Å². The molecule has 1 N–H and O–H groups in total. The van der Waals surface area contributed by atoms with Crippen LogP contribution in [-0.4, -0.2) is 35.5 Å². The Kier molecular flexibility index (Phi) is 6.34. The summed E-state index contributed by atoms with van der Waals surface area (Å²) in [5, 5.41) is 10.5. The van der Waals surface area contributed by atoms with Crippen LogP contribution in [0.1, 0.15) is 51.8 Å². The molecule has 180 valence electrons. The molecule has 6 nitrogen and oxygen atoms in total. The number of hydrogen-bond donors (Lipinski definition) is 1. The Morgan fingerprint density at radius 3 is 2.54 bits per heavy atom. The Morgan fingerprint density at radius 1 is 1.03 bits per heavy atom. The molecule has 0 radical (unpaired) electrons. The summed E-state index contributed by atoms with van der Waals surface area (Å²) in [6.07, 6.45) is 2.15. The molecule has 1 amide bonds. The monoisotopic (exact) mass is 511 g/mol. The fourth-order valence-corrected chi connectivity index (χ4v) is 5.23. The summed E-state index contributed by atoms with van der Waals surface area (Å²) in [6, 6.07) is 15.9. The van der Waals surface area contributed by atoms with Crippen molar-refractivity contribution in [3.63, 3.8) is 0 Å². The van der Waals surface area contributed by atoms with Crippen molar-refractivity contribution in [3.8, 4) is 17.2 Å². The number of fused-ring (bicyclic) bond motifs is 2. The second-order valence-corrected chi connectivity index (χ2v) is 9.63. The summed E-state index contributed by atoms with van der Waals surface area (Å²) < 4.78 is 11.6. The standard InChI is InChI=1S/C27H23Cl2NO5/c1-30(23-9-4-16-12-17(28)5-8-19(16)23)26(31)15-2-6-18(7-3-15)35-25-14-24-21(13-22(25)29)20(27(32)33)10-11-34-24/h2-3,5-8,12-14,20,23H,4,9-11H2,1H3,(H,32,33). The number of carboxylic acid groups (broad SMARTS) is 1. The van der Waals surface area contributed by atoms with E-state index < -0.39 is 11.9 Å². The first kappa shape index (κ1) is 23.5. The summed E-state index contributed by atoms with van der Waals surface area (Å²) in [4.78, 5) is 26.5. The maximum Gasteiger partial charge on any atom is 0.311 e. The van der Waals surface area contributed by atoms with Crippen molar-refractivity contribution in [2.45, 2.75) is 31.2 Å². The van der Waals surface area contributed by atoms with Crippen molar-refractivity contribution in [3.05, 3.63) is 86.9 Å². The van der Waals surface area contributed by atoms with Gasteiger partial charge in [-0.25, -0.2) is 0 Å². The van der Waals surface area contributed by atoms with E-state index in [1.807, 2.05) is 25.2 Å². The van der Waals surface area contributed by atoms with E-state index in [2.05, 4.69) is 0 Å². The van der Waals surface area contributed by atoms with Crippen LogP contribution in [-0.2, 0) is 11.2 Å². The second-order valence-electron chi connectivity index (χ2n) is 8.79. The number of halogens is 2. The Hall–Kier alpha value is -3.22. The van der Waals surface area contributed by atoms with E-state index in [4.69, 9.17) is 32.7 Å². The van der Waals surface area contributed by atoms with E-state index in [1.54, 1.807) is 41.3 Å². The summed E-state index contributed by atoms with van der Waals surface area (Å²) in [7, 11) is 1.82. The van der Waals surface area contributed by atoms with Gasteiger partial charge in [0.05, 0.1) is 23.6 Å². The average Bonchev–Trinajstić information content (AvgIpc) is 3.26. The number of nitrogens with zero attached hydrogens (tertiary/aromatic N) is 1. The first-order valence-electron chi connectivity index (χ1n) is 11.3. The fraction of sp³-hybridized carbons (Fsp3) is 0.259. The lowest BCUT2D eigenvalue weighted by molar-refractivity contribution is -0.139. The molecule has 0 aromatic heterocycles. The molecule has 2 atom stereocenters. The zero-order valence-corrected chi connectivity index (χ0v) is 20.5. The third-order valence-corrected chi connectivity index (χ3v) is 7.20. The highest BCUT2D eigenvalue weighted by Crippen LogP contribution is 2.42. The third-order valence-electron chi connectivity index (χ3n) is 6.67. The van der Waals surface area contributed by atoms with Crippen LogP contribution in [0.25, 0.3) is 0 Å². The lowest BCUT2D eigenvalue weighted by Gasteiger charge is -2.26. The van der Waals surface area contributed by atoms with E-state index in [-0.39, 0.29) is 11.9 Å². The lowest BCUT2D eigenvalue weighted by Crippen LogP contribution is -2.30. The minimum absolute atomic E-state index is 0.00891. The van der Waals surface area contributed by atoms with Gasteiger partial charge < -0.3 is 19.5 Å². The van der Waals surface area contributed by atoms with E-state index in [9.17, 15) is 14.7 Å². The highest BCUT2D eigenvalue weighted by Gasteiger charge is 2.30. The molecule has 0 spiro atoms. The summed E-state index contributed by atoms with van der Waals surface area (Å²) in [5.74, 6) is -0.337. The molecule has 1 aliphatic carbocycles. The summed E-state index contributed by atoms with van der Waals surface area (Å²) in [6.45, 7) is 0.313. The van der Waals surface area contributed by atoms with E-state index in [0.717, 1.165) is 18.4 Å². The first-order chi connectivity index (χ1) is 16.8. The van der Waals surface area contributed by atoms with Gasteiger partial charge in [-0.2, -0.15) is 0 Å². The van der Waals surface area contributed by atoms with Gasteiger partial charge in [-0.1, -0.05) is 29.3 Å². The molecule has 8 heteroatoms. The second kappa shape index (κ2) is 9.44. The van der Waals surface area contributed by atoms with Crippen LogP contribution in [0.2, 0.25) is 10.0 Å². The number of ether oxygens (including phenoxy) is 2. The number of carbonyl (C=O) groups is 2. The molecule has 5 rings (SSSR count). The number of carbonyl (C=O) groups excluding carboxylic acids is 1. The van der Waals surface area contributed by atoms with Crippen LogP contribution in [0, 0.1) is 0 Å². The molecule has 2 aliphatic rings. The molecule has 1 heterocycles. The maximum absolute atomic E-state index is 13.2. The predicted octanol–water partition coefficient (Wildman–Crippen LogP) is 6.50. The molecule has 0 saturated heterocycles. The highest BCUT2D eigenvalue weighted by molar-refractivity contribution is 6.32. The predicted molar refractivity (Wildman–Crippen MR) is 133 cm³/mol. The topological polar surface area (TPSA) is 76.1 Å². The maximum atomic E-state index is 13.2. The first-order valence-corrected chi connectivity index (χ1v) is 12.1. The number of amides is 1. The van der Waals surface area contributed by atoms with Crippen molar-refractivity contribution in [1.29, 1.82) is 0 Å². The number of rotatable bonds is 5. The lowest BCUT2D eigenvalue weighted by atomic mass is 9.93. The molecule has 0 bridgehead atoms. The average molecular weight is 512 g/mol. The zero-order chi connectivity index (χ0) is 24.7. The van der Waals surface area contributed by atoms with Gasteiger partial charge in [0.15, 0.2) is 0 Å². The van der Waals surface area contributed by atoms with Crippen molar-refractivity contribution in [2.24, 2.45) is 0 Å². The Balaban J connectivity index is 1.31. The normalized spacial score (nSPS) is 18.3. The molecule has 35 heavy (non-hydrogen) atoms. The molecule has 3 aromatic rings. The Labute approximate surface area is 213 Å². The highest BCUT2D eigenvalue weighted by atomic mass is 35.5. The van der Waals surface area contributed by atoms with Gasteiger partial charge in [-0.05, 0) is 72.9 Å². The SMILES string of the molecule is CN(C(=O)c1ccc(Oc2cc3c(cc2Cl)C(C(=O)O)CCO3)cc1)C1CCc2cc(Cl)ccc21. The molecule has 2 unspecified atom stereocenters. The molecular formula is C27H23Cl2NO5. The van der Waals surface area contributed by atoms with Gasteiger partial charge in [0.2, 0.25) is 0 Å². The van der Waals surface area contributed by atoms with Crippen LogP contribution >= 0.6 is 23.2 Å². The van der Waals surface area contributed by atoms with Crippen LogP contribution < -0.4 is 9.47 Å². The van der Waals surface area contributed by atoms with Crippen molar-refractivity contribution in [1.82, 2.24) is 4.90 Å². The Bertz CT molecular complexity index is 1310. The number of aliphatic carboxylic acids is 1. The number of carboxylic acids is 1. The quantitative estimate of drug-likeness (QED) is 0.423. The van der Waals surface area contributed by atoms with Crippen LogP contribution in [0.15, 0.2) is 54.6 Å². The minimum atomic E-state index is -0.908. The van der Waals surface area contributed by atoms with Crippen molar-refractivity contribution >= 4 is 35.1 Å². The van der Waals surface area contributed by atoms with Gasteiger partial charge in [0, 0.05) is 29.3 Å². The minimum Gasteiger partial charge on any atom is -0.493 e. The number of aryl methyl sites for hydroxylation is 1. The molecule has 3 aromatic carbocycles. The fourth-order valence-electron chi connectivity index (χ4n) is 4.83. The van der Waals surface area contributed by atoms with Crippen LogP contribution in [0.3, 0.4) is 0 Å². The number of hydrogen-bond acceptors (Lipinski definition) is 4. The largest absolute Gasteiger partial charge is 0.493 e. The Morgan fingerprint density at radius 2 is 1.80 bits per heavy atom. The molecule has 1 aliphatic heterocycles. The molecule has 0 saturated carbocycles. The molecular weight excluding hydrogens is 489 g/mol. The molecule has 0 fully saturated rings. The van der Waals surface area contributed by atoms with Gasteiger partial charge >= 0.3 is 5.97 Å². The smallest absolute Gasteiger partial charge is 0.311 e. The van der Waals surface area contributed by atoms with Gasteiger partial charge in [-0.15, -0.1) is 0 Å². The van der Waals surface area contributed by atoms with E-state index >= 15 is 0 Å². The van der Waals surface area contributed by atoms with Gasteiger partial charge in [0.25, 0.3) is 5.91 Å². The van der Waals surface area contributed by atoms with E-state index in [0.29, 0.717) is 51.4 Å². The zero-order valence-electron chi connectivity index (χ0n) is 19.0. The number of benzene rings is 3. The van der Waals surface area contributed by atoms with Crippen molar-refractivity contribution < 1.29 is 24.2 Å². The van der Waals surface area contributed by atoms with Crippen LogP contribution in [0.5, 0.6) is 17.2 Å².